The molecule has 34 heavy (non-hydrogen) atoms. The highest BCUT2D eigenvalue weighted by molar-refractivity contribution is 6.12. The Kier molecular flexibility index (Phi) is 5.69. The van der Waals surface area contributed by atoms with E-state index in [9.17, 15) is 9.90 Å². The van der Waals surface area contributed by atoms with Crippen LogP contribution in [0, 0.1) is 5.41 Å². The number of benzene rings is 3. The molecule has 1 unspecified atom stereocenters. The summed E-state index contributed by atoms with van der Waals surface area (Å²) in [6.45, 7) is 7.84. The molecule has 2 heterocycles. The maximum atomic E-state index is 12.5. The van der Waals surface area contributed by atoms with E-state index in [1.165, 1.54) is 0 Å². The molecule has 2 atom stereocenters. The fourth-order valence-corrected chi connectivity index (χ4v) is 5.61. The normalized spacial score (nSPS) is 20.3. The zero-order chi connectivity index (χ0) is 24.2. The smallest absolute Gasteiger partial charge is 0.311 e. The molecule has 0 bridgehead atoms. The largest absolute Gasteiger partial charge is 0.493 e. The highest BCUT2D eigenvalue weighted by Gasteiger charge is 2.39. The van der Waals surface area contributed by atoms with E-state index in [0.717, 1.165) is 58.6 Å². The van der Waals surface area contributed by atoms with E-state index < -0.39 is 6.10 Å². The summed E-state index contributed by atoms with van der Waals surface area (Å²) in [4.78, 5) is 14.9. The van der Waals surface area contributed by atoms with Crippen LogP contribution in [0.5, 0.6) is 17.2 Å². The Morgan fingerprint density at radius 2 is 1.71 bits per heavy atom. The number of methoxy groups -OCH3 is 2. The lowest BCUT2D eigenvalue weighted by Gasteiger charge is -2.37. The van der Waals surface area contributed by atoms with Gasteiger partial charge in [0.1, 0.15) is 5.75 Å². The second-order valence-electron chi connectivity index (χ2n) is 10.7. The molecular weight excluding hydrogens is 430 g/mol. The quantitative estimate of drug-likeness (QED) is 0.319. The van der Waals surface area contributed by atoms with Crippen LogP contribution in [-0.4, -0.2) is 42.8 Å². The first kappa shape index (κ1) is 22.9. The highest BCUT2D eigenvalue weighted by Crippen LogP contribution is 2.47. The molecule has 180 valence electrons. The number of nitrogens with zero attached hydrogens (tertiary/aromatic N) is 1. The van der Waals surface area contributed by atoms with E-state index >= 15 is 0 Å². The van der Waals surface area contributed by atoms with Crippen LogP contribution >= 0.6 is 0 Å². The van der Waals surface area contributed by atoms with E-state index in [0.29, 0.717) is 23.7 Å². The third-order valence-corrected chi connectivity index (χ3v) is 7.09. The Hall–Kier alpha value is -2.83. The zero-order valence-electron chi connectivity index (χ0n) is 20.6. The van der Waals surface area contributed by atoms with Gasteiger partial charge in [-0.2, -0.15) is 0 Å². The second-order valence-corrected chi connectivity index (χ2v) is 10.7. The molecule has 6 nitrogen and oxygen atoms in total. The van der Waals surface area contributed by atoms with Crippen LogP contribution in [0.3, 0.4) is 0 Å². The van der Waals surface area contributed by atoms with Crippen molar-refractivity contribution in [2.45, 2.75) is 58.7 Å². The van der Waals surface area contributed by atoms with Gasteiger partial charge < -0.3 is 19.3 Å². The number of fused-ring (bicyclic) bond motifs is 7. The fraction of sp³-hybridized carbons (Fsp3) is 0.464. The number of aliphatic hydroxyl groups is 1. The molecule has 2 aliphatic rings. The van der Waals surface area contributed by atoms with Gasteiger partial charge in [-0.1, -0.05) is 26.8 Å². The monoisotopic (exact) mass is 463 g/mol. The summed E-state index contributed by atoms with van der Waals surface area (Å²) in [5, 5.41) is 15.4. The van der Waals surface area contributed by atoms with Crippen molar-refractivity contribution < 1.29 is 24.1 Å². The summed E-state index contributed by atoms with van der Waals surface area (Å²) in [6.07, 6.45) is 1.85. The van der Waals surface area contributed by atoms with E-state index in [1.54, 1.807) is 14.2 Å². The van der Waals surface area contributed by atoms with E-state index in [2.05, 4.69) is 4.90 Å². The van der Waals surface area contributed by atoms with Crippen molar-refractivity contribution in [3.05, 3.63) is 41.5 Å². The number of ether oxygens (including phenoxy) is 3. The van der Waals surface area contributed by atoms with Crippen molar-refractivity contribution in [1.29, 1.82) is 0 Å². The van der Waals surface area contributed by atoms with Crippen molar-refractivity contribution in [2.75, 3.05) is 20.8 Å². The molecule has 0 amide bonds. The third-order valence-electron chi connectivity index (χ3n) is 7.09. The van der Waals surface area contributed by atoms with Gasteiger partial charge in [-0.3, -0.25) is 9.69 Å². The van der Waals surface area contributed by atoms with Gasteiger partial charge in [-0.25, -0.2) is 0 Å². The number of esters is 1. The molecule has 1 saturated heterocycles. The fourth-order valence-electron chi connectivity index (χ4n) is 5.61. The molecule has 6 heteroatoms. The average molecular weight is 464 g/mol. The minimum Gasteiger partial charge on any atom is -0.493 e. The van der Waals surface area contributed by atoms with Gasteiger partial charge in [0, 0.05) is 12.6 Å². The van der Waals surface area contributed by atoms with Gasteiger partial charge in [0.2, 0.25) is 0 Å². The van der Waals surface area contributed by atoms with Crippen LogP contribution in [0.15, 0.2) is 30.3 Å². The van der Waals surface area contributed by atoms with Crippen molar-refractivity contribution in [3.8, 4) is 17.2 Å². The average Bonchev–Trinajstić information content (AvgIpc) is 3.26. The molecule has 3 aromatic carbocycles. The molecule has 0 radical (unpaired) electrons. The van der Waals surface area contributed by atoms with Gasteiger partial charge in [0.05, 0.1) is 26.7 Å². The summed E-state index contributed by atoms with van der Waals surface area (Å²) in [6, 6.07) is 9.87. The topological polar surface area (TPSA) is 68.2 Å². The lowest BCUT2D eigenvalue weighted by molar-refractivity contribution is -0.136. The standard InChI is InChI=1S/C28H33NO5/c1-28(2,3)14-25(30)34-16-8-9-17-18(11-16)19-12-23(32-4)24(33-5)13-20(19)21-15-29-10-6-7-22(29)27(31)26(17)21/h8-9,11-13,22,27,31H,6-7,10,14-15H2,1-5H3/t22-,27?/m0/s1. The molecule has 1 N–H and O–H groups in total. The molecule has 0 saturated carbocycles. The molecule has 0 aliphatic carbocycles. The van der Waals surface area contributed by atoms with Crippen molar-refractivity contribution in [3.63, 3.8) is 0 Å². The van der Waals surface area contributed by atoms with Crippen molar-refractivity contribution >= 4 is 27.5 Å². The highest BCUT2D eigenvalue weighted by atomic mass is 16.5. The number of rotatable bonds is 4. The third kappa shape index (κ3) is 3.89. The Morgan fingerprint density at radius 1 is 1.03 bits per heavy atom. The van der Waals surface area contributed by atoms with Gasteiger partial charge >= 0.3 is 5.97 Å². The van der Waals surface area contributed by atoms with E-state index in [-0.39, 0.29) is 17.4 Å². The summed E-state index contributed by atoms with van der Waals surface area (Å²) in [5.41, 5.74) is 1.96. The predicted octanol–water partition coefficient (Wildman–Crippen LogP) is 5.36. The van der Waals surface area contributed by atoms with Crippen molar-refractivity contribution in [1.82, 2.24) is 4.90 Å². The second kappa shape index (κ2) is 8.43. The van der Waals surface area contributed by atoms with Gasteiger partial charge in [-0.05, 0) is 81.7 Å². The van der Waals surface area contributed by atoms with Gasteiger partial charge in [0.25, 0.3) is 0 Å². The number of hydrogen-bond donors (Lipinski definition) is 1. The van der Waals surface area contributed by atoms with Crippen LogP contribution < -0.4 is 14.2 Å². The maximum absolute atomic E-state index is 12.5. The predicted molar refractivity (Wildman–Crippen MR) is 133 cm³/mol. The number of hydrogen-bond acceptors (Lipinski definition) is 6. The summed E-state index contributed by atoms with van der Waals surface area (Å²) >= 11 is 0. The SMILES string of the molecule is COc1cc2c3c(c4ccc(OC(=O)CC(C)(C)C)cc4c2cc1OC)C(O)[C@@H]1CCCN1C3. The minimum atomic E-state index is -0.569. The first-order valence-electron chi connectivity index (χ1n) is 12.0. The number of aliphatic hydroxyl groups excluding tert-OH is 1. The summed E-state index contributed by atoms with van der Waals surface area (Å²) in [7, 11) is 3.26. The van der Waals surface area contributed by atoms with Gasteiger partial charge in [0.15, 0.2) is 11.5 Å². The minimum absolute atomic E-state index is 0.137. The Bertz CT molecular complexity index is 1280. The molecule has 5 rings (SSSR count). The molecule has 0 aromatic heterocycles. The first-order chi connectivity index (χ1) is 16.2. The lowest BCUT2D eigenvalue weighted by atomic mass is 9.83. The van der Waals surface area contributed by atoms with Crippen LogP contribution in [-0.2, 0) is 11.3 Å². The summed E-state index contributed by atoms with van der Waals surface area (Å²) < 4.78 is 16.9. The molecule has 0 spiro atoms. The first-order valence-corrected chi connectivity index (χ1v) is 12.0. The van der Waals surface area contributed by atoms with Crippen LogP contribution in [0.4, 0.5) is 0 Å². The van der Waals surface area contributed by atoms with Crippen LogP contribution in [0.2, 0.25) is 0 Å². The molecule has 3 aromatic rings. The Balaban J connectivity index is 1.73. The van der Waals surface area contributed by atoms with Crippen molar-refractivity contribution in [2.24, 2.45) is 5.41 Å². The Labute approximate surface area is 200 Å². The number of carbonyl (C=O) groups is 1. The van der Waals surface area contributed by atoms with E-state index in [1.807, 2.05) is 51.1 Å². The molecule has 1 fully saturated rings. The molecular formula is C28H33NO5. The zero-order valence-corrected chi connectivity index (χ0v) is 20.6. The van der Waals surface area contributed by atoms with Crippen LogP contribution in [0.25, 0.3) is 21.5 Å². The van der Waals surface area contributed by atoms with Gasteiger partial charge in [-0.15, -0.1) is 0 Å². The molecule has 2 aliphatic heterocycles. The van der Waals surface area contributed by atoms with E-state index in [4.69, 9.17) is 14.2 Å². The maximum Gasteiger partial charge on any atom is 0.311 e. The number of carbonyl (C=O) groups excluding carboxylic acids is 1. The Morgan fingerprint density at radius 3 is 2.38 bits per heavy atom. The van der Waals surface area contributed by atoms with Crippen LogP contribution in [0.1, 0.15) is 57.3 Å². The lowest BCUT2D eigenvalue weighted by Crippen LogP contribution is -2.39. The summed E-state index contributed by atoms with van der Waals surface area (Å²) in [5.74, 6) is 1.55.